The van der Waals surface area contributed by atoms with Gasteiger partial charge in [0.05, 0.1) is 29.0 Å². The average molecular weight is 263 g/mol. The number of nitrogens with one attached hydrogen (secondary N) is 2. The van der Waals surface area contributed by atoms with E-state index in [1.807, 2.05) is 0 Å². The van der Waals surface area contributed by atoms with Crippen molar-refractivity contribution in [2.45, 2.75) is 31.2 Å². The lowest BCUT2D eigenvalue weighted by Crippen LogP contribution is -2.39. The van der Waals surface area contributed by atoms with Crippen LogP contribution in [0.25, 0.3) is 11.1 Å². The second-order valence-electron chi connectivity index (χ2n) is 5.22. The van der Waals surface area contributed by atoms with Gasteiger partial charge in [0.1, 0.15) is 0 Å². The second kappa shape index (κ2) is 4.31. The third-order valence-corrected chi connectivity index (χ3v) is 3.85. The van der Waals surface area contributed by atoms with E-state index < -0.39 is 5.76 Å². The number of fused-ring (bicyclic) bond motifs is 1. The van der Waals surface area contributed by atoms with Crippen LogP contribution in [0.4, 0.5) is 11.4 Å². The van der Waals surface area contributed by atoms with Gasteiger partial charge in [-0.1, -0.05) is 12.8 Å². The van der Waals surface area contributed by atoms with Gasteiger partial charge in [-0.25, -0.2) is 4.79 Å². The summed E-state index contributed by atoms with van der Waals surface area (Å²) in [6, 6.07) is 3.38. The van der Waals surface area contributed by atoms with E-state index in [9.17, 15) is 9.90 Å². The van der Waals surface area contributed by atoms with E-state index in [1.54, 1.807) is 12.1 Å². The van der Waals surface area contributed by atoms with Crippen molar-refractivity contribution in [3.05, 3.63) is 22.7 Å². The van der Waals surface area contributed by atoms with Crippen molar-refractivity contribution in [1.82, 2.24) is 4.98 Å². The molecule has 1 heterocycles. The molecule has 0 bridgehead atoms. The number of rotatable bonds is 3. The number of H-pyrrole nitrogens is 1. The van der Waals surface area contributed by atoms with Gasteiger partial charge >= 0.3 is 5.76 Å². The molecule has 1 fully saturated rings. The van der Waals surface area contributed by atoms with Crippen LogP contribution in [0, 0.1) is 0 Å². The van der Waals surface area contributed by atoms with Crippen LogP contribution in [-0.4, -0.2) is 22.2 Å². The van der Waals surface area contributed by atoms with Crippen LogP contribution in [0.5, 0.6) is 0 Å². The van der Waals surface area contributed by atoms with Crippen molar-refractivity contribution in [2.24, 2.45) is 0 Å². The Hall–Kier alpha value is -1.95. The summed E-state index contributed by atoms with van der Waals surface area (Å²) in [6.07, 6.45) is 4.03. The second-order valence-corrected chi connectivity index (χ2v) is 5.22. The minimum atomic E-state index is -0.496. The molecular formula is C13H17N3O3. The highest BCUT2D eigenvalue weighted by molar-refractivity contribution is 5.85. The van der Waals surface area contributed by atoms with Gasteiger partial charge in [-0.3, -0.25) is 4.98 Å². The van der Waals surface area contributed by atoms with E-state index in [2.05, 4.69) is 10.3 Å². The first-order chi connectivity index (χ1) is 9.12. The fourth-order valence-electron chi connectivity index (χ4n) is 2.78. The molecule has 1 aromatic heterocycles. The molecule has 19 heavy (non-hydrogen) atoms. The molecule has 1 aliphatic carbocycles. The van der Waals surface area contributed by atoms with Crippen LogP contribution in [0.1, 0.15) is 25.7 Å². The zero-order chi connectivity index (χ0) is 13.5. The summed E-state index contributed by atoms with van der Waals surface area (Å²) in [6.45, 7) is 0.0758. The summed E-state index contributed by atoms with van der Waals surface area (Å²) in [5.41, 5.74) is 7.95. The number of aromatic amines is 1. The van der Waals surface area contributed by atoms with Crippen molar-refractivity contribution in [2.75, 3.05) is 17.7 Å². The fraction of sp³-hybridized carbons (Fsp3) is 0.462. The maximum Gasteiger partial charge on any atom is 0.417 e. The first kappa shape index (κ1) is 12.1. The molecule has 0 aliphatic heterocycles. The summed E-state index contributed by atoms with van der Waals surface area (Å²) in [5.74, 6) is -0.496. The average Bonchev–Trinajstić information content (AvgIpc) is 2.96. The van der Waals surface area contributed by atoms with Crippen LogP contribution in [0.3, 0.4) is 0 Å². The molecule has 6 nitrogen and oxygen atoms in total. The Morgan fingerprint density at radius 2 is 2.16 bits per heavy atom. The first-order valence-corrected chi connectivity index (χ1v) is 6.43. The van der Waals surface area contributed by atoms with E-state index in [-0.39, 0.29) is 12.1 Å². The summed E-state index contributed by atoms with van der Waals surface area (Å²) < 4.78 is 4.96. The van der Waals surface area contributed by atoms with E-state index in [4.69, 9.17) is 10.2 Å². The standard InChI is InChI=1S/C13H17N3O3/c14-8-5-11-10(15-12(18)19-11)6-9(8)16-13(7-17)3-1-2-4-13/h5-6,16-17H,1-4,7,14H2,(H,15,18). The molecule has 1 aromatic carbocycles. The Bertz CT molecular complexity index is 653. The zero-order valence-corrected chi connectivity index (χ0v) is 10.5. The third kappa shape index (κ3) is 2.08. The molecule has 1 aliphatic rings. The molecule has 1 saturated carbocycles. The molecule has 2 aromatic rings. The predicted molar refractivity (Wildman–Crippen MR) is 73.2 cm³/mol. The minimum Gasteiger partial charge on any atom is -0.408 e. The van der Waals surface area contributed by atoms with E-state index in [0.717, 1.165) is 31.4 Å². The van der Waals surface area contributed by atoms with E-state index >= 15 is 0 Å². The number of nitrogens with two attached hydrogens (primary N) is 1. The number of nitrogen functional groups attached to an aromatic ring is 1. The largest absolute Gasteiger partial charge is 0.417 e. The predicted octanol–water partition coefficient (Wildman–Crippen LogP) is 1.42. The van der Waals surface area contributed by atoms with Crippen molar-refractivity contribution < 1.29 is 9.52 Å². The first-order valence-electron chi connectivity index (χ1n) is 6.43. The number of hydrogen-bond acceptors (Lipinski definition) is 5. The third-order valence-electron chi connectivity index (χ3n) is 3.85. The van der Waals surface area contributed by atoms with Gasteiger partial charge in [-0.2, -0.15) is 0 Å². The van der Waals surface area contributed by atoms with Crippen LogP contribution in [0.15, 0.2) is 21.3 Å². The molecule has 0 saturated heterocycles. The number of oxazole rings is 1. The van der Waals surface area contributed by atoms with Crippen molar-refractivity contribution in [3.63, 3.8) is 0 Å². The number of aliphatic hydroxyl groups excluding tert-OH is 1. The van der Waals surface area contributed by atoms with Gasteiger partial charge in [0, 0.05) is 6.07 Å². The van der Waals surface area contributed by atoms with E-state index in [0.29, 0.717) is 16.8 Å². The summed E-state index contributed by atoms with van der Waals surface area (Å²) in [7, 11) is 0. The Morgan fingerprint density at radius 1 is 1.42 bits per heavy atom. The maximum atomic E-state index is 11.2. The number of aromatic nitrogens is 1. The number of aliphatic hydroxyl groups is 1. The van der Waals surface area contributed by atoms with E-state index in [1.165, 1.54) is 0 Å². The molecule has 3 rings (SSSR count). The van der Waals surface area contributed by atoms with Crippen LogP contribution in [-0.2, 0) is 0 Å². The highest BCUT2D eigenvalue weighted by atomic mass is 16.4. The summed E-state index contributed by atoms with van der Waals surface area (Å²) in [4.78, 5) is 13.8. The lowest BCUT2D eigenvalue weighted by atomic mass is 9.98. The van der Waals surface area contributed by atoms with Crippen molar-refractivity contribution >= 4 is 22.5 Å². The zero-order valence-electron chi connectivity index (χ0n) is 10.5. The molecule has 0 spiro atoms. The Labute approximate surface area is 109 Å². The van der Waals surface area contributed by atoms with Gasteiger partial charge in [-0.05, 0) is 18.9 Å². The number of anilines is 2. The molecule has 0 radical (unpaired) electrons. The Balaban J connectivity index is 1.99. The molecule has 0 amide bonds. The van der Waals surface area contributed by atoms with Crippen LogP contribution >= 0.6 is 0 Å². The van der Waals surface area contributed by atoms with Gasteiger partial charge in [0.25, 0.3) is 0 Å². The monoisotopic (exact) mass is 263 g/mol. The van der Waals surface area contributed by atoms with Crippen molar-refractivity contribution in [1.29, 1.82) is 0 Å². The molecule has 5 N–H and O–H groups in total. The molecule has 0 atom stereocenters. The van der Waals surface area contributed by atoms with Gasteiger partial charge < -0.3 is 20.6 Å². The Kier molecular flexibility index (Phi) is 2.74. The topological polar surface area (TPSA) is 104 Å². The van der Waals surface area contributed by atoms with Crippen LogP contribution in [0.2, 0.25) is 0 Å². The summed E-state index contributed by atoms with van der Waals surface area (Å²) in [5, 5.41) is 12.9. The normalized spacial score (nSPS) is 17.9. The van der Waals surface area contributed by atoms with Gasteiger partial charge in [0.15, 0.2) is 5.58 Å². The maximum absolute atomic E-state index is 11.2. The molecule has 0 unspecified atom stereocenters. The molecule has 102 valence electrons. The van der Waals surface area contributed by atoms with Gasteiger partial charge in [-0.15, -0.1) is 0 Å². The number of benzene rings is 1. The lowest BCUT2D eigenvalue weighted by Gasteiger charge is -2.29. The Morgan fingerprint density at radius 3 is 2.84 bits per heavy atom. The quantitative estimate of drug-likeness (QED) is 0.627. The molecule has 6 heteroatoms. The SMILES string of the molecule is Nc1cc2oc(=O)[nH]c2cc1NC1(CO)CCCC1. The number of hydrogen-bond donors (Lipinski definition) is 4. The minimum absolute atomic E-state index is 0.0758. The van der Waals surface area contributed by atoms with Crippen molar-refractivity contribution in [3.8, 4) is 0 Å². The molecular weight excluding hydrogens is 246 g/mol. The van der Waals surface area contributed by atoms with Gasteiger partial charge in [0.2, 0.25) is 0 Å². The summed E-state index contributed by atoms with van der Waals surface area (Å²) >= 11 is 0. The highest BCUT2D eigenvalue weighted by Gasteiger charge is 2.33. The smallest absolute Gasteiger partial charge is 0.408 e. The van der Waals surface area contributed by atoms with Crippen LogP contribution < -0.4 is 16.8 Å². The highest BCUT2D eigenvalue weighted by Crippen LogP contribution is 2.35. The lowest BCUT2D eigenvalue weighted by molar-refractivity contribution is 0.214. The fourth-order valence-corrected chi connectivity index (χ4v) is 2.78.